The molecule has 1 aromatic carbocycles. The molecule has 0 unspecified atom stereocenters. The van der Waals surface area contributed by atoms with Crippen molar-refractivity contribution in [2.75, 3.05) is 19.8 Å². The molecule has 1 aromatic rings. The zero-order valence-electron chi connectivity index (χ0n) is 11.0. The van der Waals surface area contributed by atoms with Gasteiger partial charge in [0.1, 0.15) is 16.7 Å². The Morgan fingerprint density at radius 2 is 2.30 bits per heavy atom. The number of hydrogen-bond donors (Lipinski definition) is 1. The molecular formula is C14H15NO3S2. The number of carbonyl (C=O) groups excluding carboxylic acids is 1. The molecule has 0 spiro atoms. The summed E-state index contributed by atoms with van der Waals surface area (Å²) in [6.45, 7) is 2.71. The topological polar surface area (TPSA) is 49.8 Å². The van der Waals surface area contributed by atoms with E-state index in [1.807, 2.05) is 31.2 Å². The molecular weight excluding hydrogens is 294 g/mol. The number of thioether (sulfide) groups is 1. The van der Waals surface area contributed by atoms with Crippen LogP contribution in [0.25, 0.3) is 6.08 Å². The van der Waals surface area contributed by atoms with Crippen LogP contribution in [0.3, 0.4) is 0 Å². The average Bonchev–Trinajstić information content (AvgIpc) is 2.71. The summed E-state index contributed by atoms with van der Waals surface area (Å²) in [6, 6.07) is 7.38. The molecule has 6 heteroatoms. The summed E-state index contributed by atoms with van der Waals surface area (Å²) in [5.74, 6) is 0.614. The second-order valence-electron chi connectivity index (χ2n) is 4.07. The number of nitrogens with zero attached hydrogens (tertiary/aromatic N) is 1. The lowest BCUT2D eigenvalue weighted by Gasteiger charge is -2.09. The summed E-state index contributed by atoms with van der Waals surface area (Å²) in [6.07, 6.45) is 1.81. The second kappa shape index (κ2) is 6.88. The molecule has 0 aliphatic carbocycles. The summed E-state index contributed by atoms with van der Waals surface area (Å²) in [7, 11) is 0. The lowest BCUT2D eigenvalue weighted by atomic mass is 10.2. The number of rotatable bonds is 5. The van der Waals surface area contributed by atoms with Gasteiger partial charge in [-0.15, -0.1) is 0 Å². The first-order valence-corrected chi connectivity index (χ1v) is 7.47. The van der Waals surface area contributed by atoms with Gasteiger partial charge in [0, 0.05) is 6.54 Å². The maximum atomic E-state index is 12.1. The maximum absolute atomic E-state index is 12.1. The Kier molecular flexibility index (Phi) is 5.17. The molecule has 1 amide bonds. The number of benzene rings is 1. The summed E-state index contributed by atoms with van der Waals surface area (Å²) < 4.78 is 5.94. The van der Waals surface area contributed by atoms with Gasteiger partial charge in [-0.25, -0.2) is 0 Å². The first-order valence-electron chi connectivity index (χ1n) is 6.24. The Bertz CT molecular complexity index is 557. The van der Waals surface area contributed by atoms with Crippen molar-refractivity contribution in [1.82, 2.24) is 4.90 Å². The van der Waals surface area contributed by atoms with Gasteiger partial charge in [0.05, 0.1) is 11.5 Å². The molecule has 0 atom stereocenters. The van der Waals surface area contributed by atoms with Gasteiger partial charge >= 0.3 is 0 Å². The predicted octanol–water partition coefficient (Wildman–Crippen LogP) is 2.28. The Labute approximate surface area is 127 Å². The molecule has 4 nitrogen and oxygen atoms in total. The highest BCUT2D eigenvalue weighted by molar-refractivity contribution is 8.26. The van der Waals surface area contributed by atoms with Crippen LogP contribution in [0.4, 0.5) is 0 Å². The lowest BCUT2D eigenvalue weighted by Crippen LogP contribution is -2.27. The molecule has 20 heavy (non-hydrogen) atoms. The Morgan fingerprint density at radius 3 is 2.95 bits per heavy atom. The van der Waals surface area contributed by atoms with Crippen molar-refractivity contribution in [2.24, 2.45) is 0 Å². The summed E-state index contributed by atoms with van der Waals surface area (Å²) in [5.41, 5.74) is 0.872. The first kappa shape index (κ1) is 15.0. The van der Waals surface area contributed by atoms with Crippen molar-refractivity contribution in [3.05, 3.63) is 34.7 Å². The molecule has 0 bridgehead atoms. The highest BCUT2D eigenvalue weighted by atomic mass is 32.2. The molecule has 0 radical (unpaired) electrons. The maximum Gasteiger partial charge on any atom is 0.266 e. The predicted molar refractivity (Wildman–Crippen MR) is 84.6 cm³/mol. The van der Waals surface area contributed by atoms with Gasteiger partial charge < -0.3 is 9.84 Å². The van der Waals surface area contributed by atoms with Crippen LogP contribution < -0.4 is 4.74 Å². The minimum Gasteiger partial charge on any atom is -0.491 e. The largest absolute Gasteiger partial charge is 0.491 e. The zero-order chi connectivity index (χ0) is 14.5. The minimum atomic E-state index is -0.0517. The van der Waals surface area contributed by atoms with E-state index in [1.165, 1.54) is 11.8 Å². The van der Waals surface area contributed by atoms with Gasteiger partial charge in [-0.2, -0.15) is 0 Å². The van der Waals surface area contributed by atoms with Crippen LogP contribution in [0.5, 0.6) is 5.75 Å². The molecule has 1 fully saturated rings. The average molecular weight is 309 g/mol. The number of thiocarbonyl (C=S) groups is 1. The van der Waals surface area contributed by atoms with Crippen molar-refractivity contribution in [3.8, 4) is 5.75 Å². The molecule has 1 N–H and O–H groups in total. The van der Waals surface area contributed by atoms with E-state index in [0.717, 1.165) is 5.56 Å². The van der Waals surface area contributed by atoms with Crippen molar-refractivity contribution in [1.29, 1.82) is 0 Å². The molecule has 1 saturated heterocycles. The van der Waals surface area contributed by atoms with E-state index in [0.29, 0.717) is 21.5 Å². The van der Waals surface area contributed by atoms with Crippen molar-refractivity contribution >= 4 is 40.3 Å². The number of aliphatic hydroxyl groups excluding tert-OH is 1. The minimum absolute atomic E-state index is 0.0284. The molecule has 1 heterocycles. The van der Waals surface area contributed by atoms with Crippen molar-refractivity contribution in [3.63, 3.8) is 0 Å². The van der Waals surface area contributed by atoms with Crippen LogP contribution in [0.2, 0.25) is 0 Å². The fourth-order valence-corrected chi connectivity index (χ4v) is 3.17. The number of aliphatic hydroxyl groups is 1. The van der Waals surface area contributed by atoms with Crippen LogP contribution in [0.15, 0.2) is 29.2 Å². The second-order valence-corrected chi connectivity index (χ2v) is 5.75. The smallest absolute Gasteiger partial charge is 0.266 e. The van der Waals surface area contributed by atoms with E-state index < -0.39 is 0 Å². The third-order valence-electron chi connectivity index (χ3n) is 2.71. The van der Waals surface area contributed by atoms with Gasteiger partial charge in [0.15, 0.2) is 0 Å². The summed E-state index contributed by atoms with van der Waals surface area (Å²) in [5, 5.41) is 8.74. The number of likely N-dealkylation sites (N-methyl/N-ethyl adjacent to an activating group) is 1. The molecule has 1 aliphatic heterocycles. The SMILES string of the molecule is CCN1C(=O)C(=Cc2cccc(OCCO)c2)SC1=S. The molecule has 2 rings (SSSR count). The third kappa shape index (κ3) is 3.39. The first-order chi connectivity index (χ1) is 9.65. The zero-order valence-corrected chi connectivity index (χ0v) is 12.7. The monoisotopic (exact) mass is 309 g/mol. The summed E-state index contributed by atoms with van der Waals surface area (Å²) in [4.78, 5) is 14.3. The number of amides is 1. The van der Waals surface area contributed by atoms with Crippen LogP contribution in [0.1, 0.15) is 12.5 Å². The van der Waals surface area contributed by atoms with E-state index in [4.69, 9.17) is 22.1 Å². The Balaban J connectivity index is 2.19. The van der Waals surface area contributed by atoms with E-state index in [9.17, 15) is 4.79 Å². The Morgan fingerprint density at radius 1 is 1.50 bits per heavy atom. The number of ether oxygens (including phenoxy) is 1. The van der Waals surface area contributed by atoms with E-state index >= 15 is 0 Å². The fourth-order valence-electron chi connectivity index (χ4n) is 1.78. The molecule has 0 saturated carbocycles. The van der Waals surface area contributed by atoms with Gasteiger partial charge in [0.25, 0.3) is 5.91 Å². The van der Waals surface area contributed by atoms with E-state index in [1.54, 1.807) is 11.0 Å². The number of hydrogen-bond acceptors (Lipinski definition) is 5. The van der Waals surface area contributed by atoms with Gasteiger partial charge in [-0.3, -0.25) is 9.69 Å². The highest BCUT2D eigenvalue weighted by Gasteiger charge is 2.30. The van der Waals surface area contributed by atoms with Gasteiger partial charge in [0.2, 0.25) is 0 Å². The third-order valence-corrected chi connectivity index (χ3v) is 4.08. The normalized spacial score (nSPS) is 17.1. The quantitative estimate of drug-likeness (QED) is 0.668. The van der Waals surface area contributed by atoms with Gasteiger partial charge in [-0.05, 0) is 30.7 Å². The van der Waals surface area contributed by atoms with E-state index in [2.05, 4.69) is 0 Å². The standard InChI is InChI=1S/C14H15NO3S2/c1-2-15-13(17)12(20-14(15)19)9-10-4-3-5-11(8-10)18-7-6-16/h3-5,8-9,16H,2,6-7H2,1H3. The highest BCUT2D eigenvalue weighted by Crippen LogP contribution is 2.32. The van der Waals surface area contributed by atoms with Crippen molar-refractivity contribution in [2.45, 2.75) is 6.92 Å². The van der Waals surface area contributed by atoms with Crippen LogP contribution in [0, 0.1) is 0 Å². The molecule has 106 valence electrons. The van der Waals surface area contributed by atoms with Gasteiger partial charge in [-0.1, -0.05) is 36.1 Å². The van der Waals surface area contributed by atoms with Crippen LogP contribution >= 0.6 is 24.0 Å². The van der Waals surface area contributed by atoms with Crippen molar-refractivity contribution < 1.29 is 14.6 Å². The van der Waals surface area contributed by atoms with Crippen LogP contribution in [-0.2, 0) is 4.79 Å². The summed E-state index contributed by atoms with van der Waals surface area (Å²) >= 11 is 6.48. The number of carbonyl (C=O) groups is 1. The van der Waals surface area contributed by atoms with E-state index in [-0.39, 0.29) is 19.1 Å². The molecule has 1 aliphatic rings. The fraction of sp³-hybridized carbons (Fsp3) is 0.286. The van der Waals surface area contributed by atoms with Crippen LogP contribution in [-0.4, -0.2) is 40.0 Å². The molecule has 0 aromatic heterocycles. The Hall–Kier alpha value is -1.37. The lowest BCUT2D eigenvalue weighted by molar-refractivity contribution is -0.121.